The molecule has 0 saturated heterocycles. The summed E-state index contributed by atoms with van der Waals surface area (Å²) in [7, 11) is 0. The Balaban J connectivity index is 0.000000437. The van der Waals surface area contributed by atoms with Crippen molar-refractivity contribution in [1.82, 2.24) is 0 Å². The van der Waals surface area contributed by atoms with Crippen LogP contribution in [0.1, 0.15) is 25.7 Å². The topological polar surface area (TPSA) is 236 Å². The highest BCUT2D eigenvalue weighted by Crippen LogP contribution is 2.20. The lowest BCUT2D eigenvalue weighted by Gasteiger charge is -2.05. The first kappa shape index (κ1) is 36.5. The summed E-state index contributed by atoms with van der Waals surface area (Å²) >= 11 is 9.74. The Morgan fingerprint density at radius 3 is 1.07 bits per heavy atom. The van der Waals surface area contributed by atoms with Crippen LogP contribution in [-0.2, 0) is 19.2 Å². The maximum absolute atomic E-state index is 11.7. The molecule has 232 valence electrons. The molecule has 1 N–H and O–H groups in total. The summed E-state index contributed by atoms with van der Waals surface area (Å²) in [6.07, 6.45) is -0.459. The van der Waals surface area contributed by atoms with E-state index in [1.54, 1.807) is 0 Å². The SMILES string of the molecule is O=C(CCC(=O)Oc1ccc([N+](=O)[O-])cc1)Oc1ccc([N+](=O)[O-])cc1.O=C(Cl)CCC(=O)Cl.O=[N+]([O-])c1ccc(O)cc1. The van der Waals surface area contributed by atoms with Gasteiger partial charge in [0, 0.05) is 49.2 Å². The molecular formula is C26H21Cl2N3O13. The highest BCUT2D eigenvalue weighted by atomic mass is 35.5. The maximum atomic E-state index is 11.7. The zero-order valence-corrected chi connectivity index (χ0v) is 23.7. The van der Waals surface area contributed by atoms with Crippen LogP contribution in [0, 0.1) is 30.3 Å². The average Bonchev–Trinajstić information content (AvgIpc) is 2.96. The second-order valence-electron chi connectivity index (χ2n) is 7.93. The Kier molecular flexibility index (Phi) is 15.7. The molecule has 18 heteroatoms. The maximum Gasteiger partial charge on any atom is 0.311 e. The molecule has 3 aromatic rings. The fourth-order valence-corrected chi connectivity index (χ4v) is 2.80. The number of aromatic hydroxyl groups is 1. The molecule has 0 saturated carbocycles. The summed E-state index contributed by atoms with van der Waals surface area (Å²) in [6, 6.07) is 14.9. The molecule has 3 rings (SSSR count). The number of carbonyl (C=O) groups excluding carboxylic acids is 4. The lowest BCUT2D eigenvalue weighted by Crippen LogP contribution is -2.14. The number of carbonyl (C=O) groups is 4. The van der Waals surface area contributed by atoms with E-state index in [1.807, 2.05) is 0 Å². The molecule has 0 atom stereocenters. The van der Waals surface area contributed by atoms with Crippen molar-refractivity contribution in [1.29, 1.82) is 0 Å². The van der Waals surface area contributed by atoms with Gasteiger partial charge in [-0.15, -0.1) is 0 Å². The van der Waals surface area contributed by atoms with Crippen LogP contribution in [0.4, 0.5) is 17.1 Å². The highest BCUT2D eigenvalue weighted by Gasteiger charge is 2.13. The van der Waals surface area contributed by atoms with Gasteiger partial charge in [0.1, 0.15) is 17.2 Å². The molecule has 0 bridgehead atoms. The van der Waals surface area contributed by atoms with E-state index in [4.69, 9.17) is 37.8 Å². The van der Waals surface area contributed by atoms with Crippen molar-refractivity contribution in [3.63, 3.8) is 0 Å². The molecule has 0 radical (unpaired) electrons. The first-order valence-electron chi connectivity index (χ1n) is 11.9. The number of phenolic OH excluding ortho intramolecular Hbond substituents is 1. The van der Waals surface area contributed by atoms with Crippen LogP contribution in [0.3, 0.4) is 0 Å². The Morgan fingerprint density at radius 1 is 0.545 bits per heavy atom. The quantitative estimate of drug-likeness (QED) is 0.0898. The molecular weight excluding hydrogens is 633 g/mol. The van der Waals surface area contributed by atoms with Gasteiger partial charge in [-0.05, 0) is 59.6 Å². The van der Waals surface area contributed by atoms with E-state index in [0.717, 1.165) is 0 Å². The van der Waals surface area contributed by atoms with Gasteiger partial charge in [0.05, 0.1) is 27.6 Å². The van der Waals surface area contributed by atoms with Crippen molar-refractivity contribution in [2.24, 2.45) is 0 Å². The number of phenols is 1. The first-order valence-corrected chi connectivity index (χ1v) is 12.6. The predicted molar refractivity (Wildman–Crippen MR) is 152 cm³/mol. The number of ether oxygens (including phenoxy) is 2. The Bertz CT molecular complexity index is 1400. The van der Waals surface area contributed by atoms with Gasteiger partial charge in [0.25, 0.3) is 17.1 Å². The van der Waals surface area contributed by atoms with E-state index in [2.05, 4.69) is 0 Å². The van der Waals surface area contributed by atoms with Crippen molar-refractivity contribution in [3.05, 3.63) is 103 Å². The molecule has 3 aromatic carbocycles. The fourth-order valence-electron chi connectivity index (χ4n) is 2.61. The molecule has 0 spiro atoms. The van der Waals surface area contributed by atoms with Crippen molar-refractivity contribution < 1.29 is 48.5 Å². The van der Waals surface area contributed by atoms with E-state index in [-0.39, 0.29) is 60.0 Å². The van der Waals surface area contributed by atoms with E-state index >= 15 is 0 Å². The number of non-ortho nitro benzene ring substituents is 3. The number of esters is 2. The van der Waals surface area contributed by atoms with Crippen molar-refractivity contribution in [2.45, 2.75) is 25.7 Å². The Morgan fingerprint density at radius 2 is 0.818 bits per heavy atom. The van der Waals surface area contributed by atoms with Crippen LogP contribution in [0.2, 0.25) is 0 Å². The highest BCUT2D eigenvalue weighted by molar-refractivity contribution is 6.65. The number of nitro groups is 3. The lowest BCUT2D eigenvalue weighted by molar-refractivity contribution is -0.385. The third-order valence-corrected chi connectivity index (χ3v) is 5.05. The summed E-state index contributed by atoms with van der Waals surface area (Å²) in [6.45, 7) is 0. The van der Waals surface area contributed by atoms with Gasteiger partial charge in [0.2, 0.25) is 10.5 Å². The molecule has 16 nitrogen and oxygen atoms in total. The zero-order valence-electron chi connectivity index (χ0n) is 22.2. The number of hydrogen-bond donors (Lipinski definition) is 1. The van der Waals surface area contributed by atoms with E-state index in [0.29, 0.717) is 0 Å². The minimum Gasteiger partial charge on any atom is -0.508 e. The van der Waals surface area contributed by atoms with Gasteiger partial charge in [0.15, 0.2) is 0 Å². The van der Waals surface area contributed by atoms with Gasteiger partial charge in [-0.2, -0.15) is 0 Å². The summed E-state index contributed by atoms with van der Waals surface area (Å²) in [5, 5.41) is 38.7. The van der Waals surface area contributed by atoms with E-state index in [1.165, 1.54) is 72.8 Å². The number of hydrogen-bond acceptors (Lipinski definition) is 13. The minimum absolute atomic E-state index is 0.0159. The smallest absolute Gasteiger partial charge is 0.311 e. The molecule has 0 aliphatic carbocycles. The average molecular weight is 654 g/mol. The lowest BCUT2D eigenvalue weighted by atomic mass is 10.3. The minimum atomic E-state index is -0.709. The Labute approximate surface area is 257 Å². The molecule has 0 amide bonds. The van der Waals surface area contributed by atoms with Crippen LogP contribution in [0.25, 0.3) is 0 Å². The van der Waals surface area contributed by atoms with Crippen LogP contribution in [0.5, 0.6) is 17.2 Å². The molecule has 0 unspecified atom stereocenters. The monoisotopic (exact) mass is 653 g/mol. The van der Waals surface area contributed by atoms with Gasteiger partial charge in [-0.3, -0.25) is 49.5 Å². The molecule has 0 heterocycles. The number of halogens is 2. The molecule has 44 heavy (non-hydrogen) atoms. The van der Waals surface area contributed by atoms with Crippen molar-refractivity contribution in [2.75, 3.05) is 0 Å². The van der Waals surface area contributed by atoms with Crippen LogP contribution in [0.15, 0.2) is 72.8 Å². The third kappa shape index (κ3) is 15.5. The second kappa shape index (κ2) is 18.9. The molecule has 0 aliphatic heterocycles. The van der Waals surface area contributed by atoms with Gasteiger partial charge < -0.3 is 14.6 Å². The first-order chi connectivity index (χ1) is 20.7. The Hall–Kier alpha value is -5.48. The van der Waals surface area contributed by atoms with Gasteiger partial charge in [-0.25, -0.2) is 0 Å². The summed E-state index contributed by atoms with van der Waals surface area (Å²) < 4.78 is 9.90. The third-order valence-electron chi connectivity index (χ3n) is 4.67. The summed E-state index contributed by atoms with van der Waals surface area (Å²) in [5.41, 5.74) is -0.300. The van der Waals surface area contributed by atoms with Crippen molar-refractivity contribution >= 4 is 62.7 Å². The second-order valence-corrected chi connectivity index (χ2v) is 8.78. The molecule has 0 aliphatic rings. The van der Waals surface area contributed by atoms with Gasteiger partial charge in [-0.1, -0.05) is 0 Å². The standard InChI is InChI=1S/C16H12N2O8.C6H5NO3.C4H4Cl2O2/c19-15(25-13-5-1-11(2-6-13)17(21)22)9-10-16(20)26-14-7-3-12(4-8-14)18(23)24;8-6-3-1-5(2-4-6)7(9)10;5-3(7)1-2-4(6)8/h1-8H,9-10H2;1-4,8H;1-2H2. The molecule has 0 fully saturated rings. The fraction of sp³-hybridized carbons (Fsp3) is 0.154. The van der Waals surface area contributed by atoms with Crippen molar-refractivity contribution in [3.8, 4) is 17.2 Å². The van der Waals surface area contributed by atoms with Gasteiger partial charge >= 0.3 is 11.9 Å². The number of nitro benzene ring substituents is 3. The summed E-state index contributed by atoms with van der Waals surface area (Å²) in [5.74, 6) is -1.15. The summed E-state index contributed by atoms with van der Waals surface area (Å²) in [4.78, 5) is 72.6. The van der Waals surface area contributed by atoms with E-state index < -0.39 is 37.2 Å². The van der Waals surface area contributed by atoms with Crippen LogP contribution in [-0.4, -0.2) is 42.3 Å². The molecule has 0 aromatic heterocycles. The number of nitrogens with zero attached hydrogens (tertiary/aromatic N) is 3. The van der Waals surface area contributed by atoms with Crippen LogP contribution >= 0.6 is 23.2 Å². The van der Waals surface area contributed by atoms with Crippen LogP contribution < -0.4 is 9.47 Å². The number of benzene rings is 3. The zero-order chi connectivity index (χ0) is 33.2. The normalized spacial score (nSPS) is 9.59. The van der Waals surface area contributed by atoms with E-state index in [9.17, 15) is 49.5 Å². The largest absolute Gasteiger partial charge is 0.508 e. The number of rotatable bonds is 11. The predicted octanol–water partition coefficient (Wildman–Crippen LogP) is 5.39.